The molecule has 0 saturated carbocycles. The van der Waals surface area contributed by atoms with Crippen molar-refractivity contribution in [2.24, 2.45) is 0 Å². The molecule has 3 nitrogen and oxygen atoms in total. The van der Waals surface area contributed by atoms with Crippen molar-refractivity contribution in [2.75, 3.05) is 19.4 Å². The van der Waals surface area contributed by atoms with Crippen LogP contribution in [0.4, 0.5) is 0 Å². The molecule has 88 valence electrons. The number of aliphatic hydroxyl groups is 1. The number of carbonyl (C=O) groups is 1. The zero-order chi connectivity index (χ0) is 11.7. The van der Waals surface area contributed by atoms with Gasteiger partial charge in [0.25, 0.3) is 0 Å². The first-order chi connectivity index (χ1) is 7.17. The summed E-state index contributed by atoms with van der Waals surface area (Å²) in [6, 6.07) is 0. The van der Waals surface area contributed by atoms with Gasteiger partial charge in [-0.25, -0.2) is 0 Å². The standard InChI is InChI=1S/C10H19NO2S2/c1-4-7-14-15-10(5-6-12)9(2)11(3)8-13/h8,12H,4-7H2,1-3H3/b10-9-. The summed E-state index contributed by atoms with van der Waals surface area (Å²) in [4.78, 5) is 13.2. The largest absolute Gasteiger partial charge is 0.396 e. The van der Waals surface area contributed by atoms with Crippen LogP contribution in [0.1, 0.15) is 26.7 Å². The van der Waals surface area contributed by atoms with Gasteiger partial charge in [0.15, 0.2) is 0 Å². The Balaban J connectivity index is 4.39. The van der Waals surface area contributed by atoms with E-state index in [1.165, 1.54) is 0 Å². The van der Waals surface area contributed by atoms with Crippen molar-refractivity contribution in [3.63, 3.8) is 0 Å². The number of hydrogen-bond donors (Lipinski definition) is 1. The molecule has 0 aromatic carbocycles. The third kappa shape index (κ3) is 6.12. The molecule has 0 atom stereocenters. The lowest BCUT2D eigenvalue weighted by atomic mass is 10.3. The second-order valence-corrected chi connectivity index (χ2v) is 5.61. The van der Waals surface area contributed by atoms with Crippen molar-refractivity contribution < 1.29 is 9.90 Å². The van der Waals surface area contributed by atoms with E-state index in [1.54, 1.807) is 33.5 Å². The molecule has 0 aliphatic heterocycles. The SMILES string of the molecule is CCCSS/C(CCO)=C(/C)N(C)C=O. The summed E-state index contributed by atoms with van der Waals surface area (Å²) in [5.41, 5.74) is 0.924. The van der Waals surface area contributed by atoms with Crippen LogP contribution in [-0.4, -0.2) is 35.8 Å². The zero-order valence-electron chi connectivity index (χ0n) is 9.52. The maximum Gasteiger partial charge on any atom is 0.213 e. The Labute approximate surface area is 99.7 Å². The Bertz CT molecular complexity index is 219. The van der Waals surface area contributed by atoms with Gasteiger partial charge in [0.05, 0.1) is 0 Å². The van der Waals surface area contributed by atoms with Crippen LogP contribution in [0.2, 0.25) is 0 Å². The summed E-state index contributed by atoms with van der Waals surface area (Å²) in [5, 5.41) is 8.93. The number of allylic oxidation sites excluding steroid dienone is 1. The Kier molecular flexibility index (Phi) is 9.04. The molecule has 1 amide bonds. The number of nitrogens with zero attached hydrogens (tertiary/aromatic N) is 1. The third-order valence-electron chi connectivity index (χ3n) is 1.88. The topological polar surface area (TPSA) is 40.5 Å². The van der Waals surface area contributed by atoms with E-state index in [9.17, 15) is 4.79 Å². The van der Waals surface area contributed by atoms with Gasteiger partial charge in [0, 0.05) is 36.4 Å². The Morgan fingerprint density at radius 1 is 1.53 bits per heavy atom. The molecule has 0 aromatic rings. The fraction of sp³-hybridized carbons (Fsp3) is 0.700. The van der Waals surface area contributed by atoms with E-state index >= 15 is 0 Å². The highest BCUT2D eigenvalue weighted by Gasteiger charge is 2.07. The molecule has 15 heavy (non-hydrogen) atoms. The van der Waals surface area contributed by atoms with Gasteiger partial charge < -0.3 is 10.0 Å². The van der Waals surface area contributed by atoms with Crippen molar-refractivity contribution in [3.05, 3.63) is 10.6 Å². The molecule has 0 fully saturated rings. The highest BCUT2D eigenvalue weighted by atomic mass is 33.1. The van der Waals surface area contributed by atoms with Gasteiger partial charge in [-0.2, -0.15) is 0 Å². The van der Waals surface area contributed by atoms with Gasteiger partial charge >= 0.3 is 0 Å². The van der Waals surface area contributed by atoms with Crippen LogP contribution < -0.4 is 0 Å². The van der Waals surface area contributed by atoms with Crippen molar-refractivity contribution >= 4 is 28.0 Å². The number of aliphatic hydroxyl groups excluding tert-OH is 1. The van der Waals surface area contributed by atoms with Crippen LogP contribution >= 0.6 is 21.6 Å². The normalized spacial score (nSPS) is 12.3. The molecule has 5 heteroatoms. The second-order valence-electron chi connectivity index (χ2n) is 3.10. The summed E-state index contributed by atoms with van der Waals surface area (Å²) in [7, 11) is 5.15. The summed E-state index contributed by atoms with van der Waals surface area (Å²) in [6.45, 7) is 4.16. The lowest BCUT2D eigenvalue weighted by Crippen LogP contribution is -2.14. The average Bonchev–Trinajstić information content (AvgIpc) is 2.26. The molecular formula is C10H19NO2S2. The van der Waals surface area contributed by atoms with E-state index in [0.717, 1.165) is 29.2 Å². The number of hydrogen-bond acceptors (Lipinski definition) is 4. The second kappa shape index (κ2) is 9.12. The summed E-state index contributed by atoms with van der Waals surface area (Å²) < 4.78 is 0. The highest BCUT2D eigenvalue weighted by molar-refractivity contribution is 8.78. The first kappa shape index (κ1) is 14.9. The van der Waals surface area contributed by atoms with Gasteiger partial charge in [0.1, 0.15) is 0 Å². The van der Waals surface area contributed by atoms with Crippen LogP contribution in [0.3, 0.4) is 0 Å². The third-order valence-corrected chi connectivity index (χ3v) is 4.73. The van der Waals surface area contributed by atoms with E-state index < -0.39 is 0 Å². The highest BCUT2D eigenvalue weighted by Crippen LogP contribution is 2.34. The predicted octanol–water partition coefficient (Wildman–Crippen LogP) is 2.48. The van der Waals surface area contributed by atoms with Crippen LogP contribution in [0.25, 0.3) is 0 Å². The predicted molar refractivity (Wildman–Crippen MR) is 68.6 cm³/mol. The molecule has 0 aromatic heterocycles. The van der Waals surface area contributed by atoms with E-state index in [-0.39, 0.29) is 6.61 Å². The van der Waals surface area contributed by atoms with E-state index in [1.807, 2.05) is 6.92 Å². The van der Waals surface area contributed by atoms with Crippen LogP contribution in [-0.2, 0) is 4.79 Å². The van der Waals surface area contributed by atoms with E-state index in [0.29, 0.717) is 6.42 Å². The molecule has 0 aliphatic rings. The minimum Gasteiger partial charge on any atom is -0.396 e. The lowest BCUT2D eigenvalue weighted by Gasteiger charge is -2.16. The zero-order valence-corrected chi connectivity index (χ0v) is 11.2. The minimum atomic E-state index is 0.124. The first-order valence-electron chi connectivity index (χ1n) is 4.95. The molecule has 1 N–H and O–H groups in total. The summed E-state index contributed by atoms with van der Waals surface area (Å²) >= 11 is 0. The van der Waals surface area contributed by atoms with Crippen molar-refractivity contribution in [1.82, 2.24) is 4.90 Å². The Morgan fingerprint density at radius 2 is 2.20 bits per heavy atom. The number of carbonyl (C=O) groups excluding carboxylic acids is 1. The molecule has 0 spiro atoms. The van der Waals surface area contributed by atoms with Crippen molar-refractivity contribution in [2.45, 2.75) is 26.7 Å². The maximum absolute atomic E-state index is 10.6. The molecule has 0 bridgehead atoms. The average molecular weight is 249 g/mol. The summed E-state index contributed by atoms with van der Waals surface area (Å²) in [5.74, 6) is 1.08. The molecule has 0 aliphatic carbocycles. The van der Waals surface area contributed by atoms with Gasteiger partial charge in [-0.3, -0.25) is 4.79 Å². The van der Waals surface area contributed by atoms with Crippen LogP contribution in [0.15, 0.2) is 10.6 Å². The van der Waals surface area contributed by atoms with E-state index in [4.69, 9.17) is 5.11 Å². The van der Waals surface area contributed by atoms with Crippen LogP contribution in [0.5, 0.6) is 0 Å². The number of rotatable bonds is 8. The van der Waals surface area contributed by atoms with Crippen molar-refractivity contribution in [3.8, 4) is 0 Å². The number of amides is 1. The smallest absolute Gasteiger partial charge is 0.213 e. The fourth-order valence-corrected chi connectivity index (χ4v) is 3.48. The maximum atomic E-state index is 10.6. The van der Waals surface area contributed by atoms with Crippen molar-refractivity contribution in [1.29, 1.82) is 0 Å². The molecule has 0 rings (SSSR count). The molecule has 0 heterocycles. The quantitative estimate of drug-likeness (QED) is 0.407. The monoisotopic (exact) mass is 249 g/mol. The Morgan fingerprint density at radius 3 is 2.67 bits per heavy atom. The van der Waals surface area contributed by atoms with E-state index in [2.05, 4.69) is 6.92 Å². The van der Waals surface area contributed by atoms with Gasteiger partial charge in [-0.05, 0) is 13.3 Å². The molecule has 0 unspecified atom stereocenters. The fourth-order valence-electron chi connectivity index (χ4n) is 0.856. The van der Waals surface area contributed by atoms with Gasteiger partial charge in [-0.15, -0.1) is 0 Å². The molecule has 0 saturated heterocycles. The minimum absolute atomic E-state index is 0.124. The van der Waals surface area contributed by atoms with Crippen LogP contribution in [0, 0.1) is 0 Å². The molecule has 0 radical (unpaired) electrons. The first-order valence-corrected chi connectivity index (χ1v) is 7.27. The van der Waals surface area contributed by atoms with Gasteiger partial charge in [0.2, 0.25) is 6.41 Å². The van der Waals surface area contributed by atoms with Gasteiger partial charge in [-0.1, -0.05) is 28.5 Å². The molecular weight excluding hydrogens is 230 g/mol. The lowest BCUT2D eigenvalue weighted by molar-refractivity contribution is -0.115. The summed E-state index contributed by atoms with van der Waals surface area (Å²) in [6.07, 6.45) is 2.54. The Hall–Kier alpha value is -0.130.